The summed E-state index contributed by atoms with van der Waals surface area (Å²) in [6.07, 6.45) is 0.0735. The van der Waals surface area contributed by atoms with Crippen molar-refractivity contribution in [3.05, 3.63) is 77.1 Å². The molecule has 2 aliphatic rings. The topological polar surface area (TPSA) is 49.0 Å². The van der Waals surface area contributed by atoms with Crippen molar-refractivity contribution in [1.82, 2.24) is 15.1 Å². The number of aromatic amines is 1. The predicted molar refractivity (Wildman–Crippen MR) is 124 cm³/mol. The van der Waals surface area contributed by atoms with Crippen molar-refractivity contribution in [1.29, 1.82) is 0 Å². The number of hydrogen-bond acceptors (Lipinski definition) is 2. The molecule has 4 nitrogen and oxygen atoms in total. The lowest BCUT2D eigenvalue weighted by Gasteiger charge is -2.32. The molecule has 0 spiro atoms. The molecule has 1 fully saturated rings. The predicted octanol–water partition coefficient (Wildman–Crippen LogP) is 6.65. The molecular weight excluding hydrogens is 486 g/mol. The summed E-state index contributed by atoms with van der Waals surface area (Å²) in [6.45, 7) is 0.439. The minimum absolute atomic E-state index is 0.0371. The first-order valence-corrected chi connectivity index (χ1v) is 11.9. The number of fused-ring (bicyclic) bond motifs is 1. The van der Waals surface area contributed by atoms with Gasteiger partial charge in [-0.2, -0.15) is 18.3 Å². The van der Waals surface area contributed by atoms with Gasteiger partial charge in [0.15, 0.2) is 4.33 Å². The Morgan fingerprint density at radius 1 is 1.06 bits per heavy atom. The molecule has 0 bridgehead atoms. The number of carbonyl (C=O) groups excluding carboxylic acids is 1. The van der Waals surface area contributed by atoms with E-state index in [1.54, 1.807) is 41.4 Å². The molecule has 5 rings (SSSR count). The number of hydrogen-bond donors (Lipinski definition) is 1. The Bertz CT molecular complexity index is 1210. The average molecular weight is 508 g/mol. The van der Waals surface area contributed by atoms with Crippen LogP contribution in [0.15, 0.2) is 54.7 Å². The number of halogens is 5. The summed E-state index contributed by atoms with van der Waals surface area (Å²) in [7, 11) is 0. The van der Waals surface area contributed by atoms with E-state index >= 15 is 0 Å². The molecule has 2 heterocycles. The standard InChI is InChI=1S/C25H22Cl2F3N3O/c26-24(27,16-9-10-17(15-5-2-1-3-6-15)20(13-16)25(28,29)30)19-11-12-33(23(19)34)22-8-4-7-21-18(22)14-31-32-21/h1-3,5-6,9-10,13-14,19,22H,4,7-8,11-12H2,(H,31,32)/t19-,22-/m1/s1. The van der Waals surface area contributed by atoms with Gasteiger partial charge in [0, 0.05) is 17.8 Å². The first-order valence-electron chi connectivity index (χ1n) is 11.2. The zero-order valence-electron chi connectivity index (χ0n) is 18.1. The van der Waals surface area contributed by atoms with Crippen LogP contribution in [0.4, 0.5) is 13.2 Å². The number of carbonyl (C=O) groups is 1. The lowest BCUT2D eigenvalue weighted by atomic mass is 9.90. The van der Waals surface area contributed by atoms with Gasteiger partial charge in [-0.05, 0) is 48.4 Å². The second-order valence-electron chi connectivity index (χ2n) is 8.83. The van der Waals surface area contributed by atoms with Crippen LogP contribution in [0.1, 0.15) is 47.7 Å². The van der Waals surface area contributed by atoms with E-state index in [2.05, 4.69) is 10.2 Å². The minimum Gasteiger partial charge on any atom is -0.335 e. The number of likely N-dealkylation sites (tertiary alicyclic amines) is 1. The highest BCUT2D eigenvalue weighted by molar-refractivity contribution is 6.49. The lowest BCUT2D eigenvalue weighted by Crippen LogP contribution is -2.37. The summed E-state index contributed by atoms with van der Waals surface area (Å²) < 4.78 is 40.2. The largest absolute Gasteiger partial charge is 0.417 e. The molecular formula is C25H22Cl2F3N3O. The van der Waals surface area contributed by atoms with E-state index in [1.807, 2.05) is 0 Å². The molecule has 0 radical (unpaired) electrons. The van der Waals surface area contributed by atoms with E-state index in [0.717, 1.165) is 36.6 Å². The van der Waals surface area contributed by atoms with E-state index in [0.29, 0.717) is 18.5 Å². The Balaban J connectivity index is 1.47. The molecule has 34 heavy (non-hydrogen) atoms. The fraction of sp³-hybridized carbons (Fsp3) is 0.360. The molecule has 1 saturated heterocycles. The molecule has 0 saturated carbocycles. The van der Waals surface area contributed by atoms with Crippen molar-refractivity contribution in [3.63, 3.8) is 0 Å². The summed E-state index contributed by atoms with van der Waals surface area (Å²) in [6, 6.07) is 12.0. The molecule has 1 N–H and O–H groups in total. The van der Waals surface area contributed by atoms with Crippen molar-refractivity contribution in [2.75, 3.05) is 6.54 Å². The number of nitrogens with one attached hydrogen (secondary N) is 1. The second kappa shape index (κ2) is 8.61. The molecule has 178 valence electrons. The van der Waals surface area contributed by atoms with Crippen LogP contribution >= 0.6 is 23.2 Å². The van der Waals surface area contributed by atoms with Crippen LogP contribution in [0, 0.1) is 5.92 Å². The first kappa shape index (κ1) is 23.2. The van der Waals surface area contributed by atoms with Crippen molar-refractivity contribution in [3.8, 4) is 11.1 Å². The number of aromatic nitrogens is 2. The van der Waals surface area contributed by atoms with Gasteiger partial charge in [0.2, 0.25) is 5.91 Å². The smallest absolute Gasteiger partial charge is 0.335 e. The third-order valence-corrected chi connectivity index (χ3v) is 7.83. The Morgan fingerprint density at radius 2 is 1.82 bits per heavy atom. The van der Waals surface area contributed by atoms with Crippen LogP contribution in [0.5, 0.6) is 0 Å². The van der Waals surface area contributed by atoms with Gasteiger partial charge in [0.25, 0.3) is 0 Å². The van der Waals surface area contributed by atoms with Gasteiger partial charge in [-0.1, -0.05) is 65.7 Å². The van der Waals surface area contributed by atoms with Crippen LogP contribution in [0.3, 0.4) is 0 Å². The van der Waals surface area contributed by atoms with E-state index < -0.39 is 22.0 Å². The van der Waals surface area contributed by atoms with Gasteiger partial charge >= 0.3 is 6.18 Å². The third kappa shape index (κ3) is 3.99. The Morgan fingerprint density at radius 3 is 2.56 bits per heavy atom. The average Bonchev–Trinajstić information content (AvgIpc) is 3.45. The molecule has 3 aromatic rings. The second-order valence-corrected chi connectivity index (χ2v) is 10.2. The fourth-order valence-corrected chi connectivity index (χ4v) is 5.81. The van der Waals surface area contributed by atoms with Crippen LogP contribution in [0.25, 0.3) is 11.1 Å². The number of aryl methyl sites for hydroxylation is 1. The maximum absolute atomic E-state index is 14.0. The van der Waals surface area contributed by atoms with Crippen molar-refractivity contribution in [2.24, 2.45) is 5.92 Å². The van der Waals surface area contributed by atoms with E-state index in [1.165, 1.54) is 12.1 Å². The minimum atomic E-state index is -4.61. The summed E-state index contributed by atoms with van der Waals surface area (Å²) in [5.74, 6) is -1.10. The quantitative estimate of drug-likeness (QED) is 0.401. The summed E-state index contributed by atoms with van der Waals surface area (Å²) in [5.41, 5.74) is 1.71. The third-order valence-electron chi connectivity index (χ3n) is 6.86. The van der Waals surface area contributed by atoms with Crippen LogP contribution in [0.2, 0.25) is 0 Å². The number of benzene rings is 2. The molecule has 2 aromatic carbocycles. The van der Waals surface area contributed by atoms with E-state index in [4.69, 9.17) is 23.2 Å². The number of rotatable bonds is 4. The maximum atomic E-state index is 14.0. The van der Waals surface area contributed by atoms with Gasteiger partial charge in [-0.25, -0.2) is 0 Å². The Hall–Kier alpha value is -2.51. The molecule has 9 heteroatoms. The van der Waals surface area contributed by atoms with Crippen molar-refractivity contribution >= 4 is 29.1 Å². The Kier molecular flexibility index (Phi) is 5.89. The summed E-state index contributed by atoms with van der Waals surface area (Å²) in [4.78, 5) is 15.2. The first-order chi connectivity index (χ1) is 16.2. The number of H-pyrrole nitrogens is 1. The Labute approximate surface area is 205 Å². The highest BCUT2D eigenvalue weighted by Crippen LogP contribution is 2.50. The number of nitrogens with zero attached hydrogens (tertiary/aromatic N) is 2. The highest BCUT2D eigenvalue weighted by atomic mass is 35.5. The normalized spacial score (nSPS) is 21.1. The van der Waals surface area contributed by atoms with Gasteiger partial charge in [-0.15, -0.1) is 0 Å². The molecule has 1 aromatic heterocycles. The van der Waals surface area contributed by atoms with Gasteiger partial charge in [-0.3, -0.25) is 9.89 Å². The number of alkyl halides is 5. The zero-order chi connectivity index (χ0) is 24.1. The van der Waals surface area contributed by atoms with Crippen LogP contribution in [-0.4, -0.2) is 27.5 Å². The molecule has 1 aliphatic heterocycles. The molecule has 2 atom stereocenters. The summed E-state index contributed by atoms with van der Waals surface area (Å²) >= 11 is 13.4. The maximum Gasteiger partial charge on any atom is 0.417 e. The molecule has 0 unspecified atom stereocenters. The van der Waals surface area contributed by atoms with E-state index in [-0.39, 0.29) is 23.1 Å². The highest BCUT2D eigenvalue weighted by Gasteiger charge is 2.49. The van der Waals surface area contributed by atoms with Gasteiger partial charge < -0.3 is 4.90 Å². The monoisotopic (exact) mass is 507 g/mol. The molecule has 1 aliphatic carbocycles. The zero-order valence-corrected chi connectivity index (χ0v) is 19.6. The SMILES string of the molecule is O=C1[C@H](C(Cl)(Cl)c2ccc(-c3ccccc3)c(C(F)(F)F)c2)CCN1[C@@H]1CCCc2[nH]ncc21. The van der Waals surface area contributed by atoms with Gasteiger partial charge in [0.1, 0.15) is 0 Å². The van der Waals surface area contributed by atoms with E-state index in [9.17, 15) is 18.0 Å². The van der Waals surface area contributed by atoms with Crippen molar-refractivity contribution < 1.29 is 18.0 Å². The van der Waals surface area contributed by atoms with Crippen molar-refractivity contribution in [2.45, 2.75) is 42.2 Å². The number of amides is 1. The lowest BCUT2D eigenvalue weighted by molar-refractivity contribution is -0.137. The molecule has 1 amide bonds. The van der Waals surface area contributed by atoms with Crippen LogP contribution < -0.4 is 0 Å². The van der Waals surface area contributed by atoms with Crippen LogP contribution in [-0.2, 0) is 21.7 Å². The summed E-state index contributed by atoms with van der Waals surface area (Å²) in [5, 5.41) is 7.10. The van der Waals surface area contributed by atoms with Gasteiger partial charge in [0.05, 0.1) is 23.7 Å². The fourth-order valence-electron chi connectivity index (χ4n) is 5.17.